The lowest BCUT2D eigenvalue weighted by Gasteiger charge is -2.11. The van der Waals surface area contributed by atoms with E-state index >= 15 is 0 Å². The zero-order valence-electron chi connectivity index (χ0n) is 10.6. The first-order chi connectivity index (χ1) is 10.0. The molecule has 0 bridgehead atoms. The molecule has 3 aromatic rings. The van der Waals surface area contributed by atoms with Crippen molar-refractivity contribution in [2.24, 2.45) is 0 Å². The number of H-pyrrole nitrogens is 1. The first-order valence-electron chi connectivity index (χ1n) is 6.05. The highest BCUT2D eigenvalue weighted by molar-refractivity contribution is 5.93. The van der Waals surface area contributed by atoms with Crippen LogP contribution < -0.4 is 0 Å². The molecule has 0 amide bonds. The minimum Gasteiger partial charge on any atom is -0.359 e. The van der Waals surface area contributed by atoms with Crippen molar-refractivity contribution in [3.05, 3.63) is 53.9 Å². The van der Waals surface area contributed by atoms with Crippen molar-refractivity contribution in [2.45, 2.75) is 6.18 Å². The molecule has 0 unspecified atom stereocenters. The van der Waals surface area contributed by atoms with Crippen molar-refractivity contribution in [1.82, 2.24) is 9.97 Å². The summed E-state index contributed by atoms with van der Waals surface area (Å²) in [6, 6.07) is 10.3. The van der Waals surface area contributed by atoms with Gasteiger partial charge in [-0.1, -0.05) is 18.2 Å². The number of aromatic nitrogens is 2. The van der Waals surface area contributed by atoms with Gasteiger partial charge in [0.15, 0.2) is 0 Å². The highest BCUT2D eigenvalue weighted by atomic mass is 19.4. The fraction of sp³-hybridized carbons (Fsp3) is 0.0667. The maximum atomic E-state index is 13.1. The number of hydrogen-bond acceptors (Lipinski definition) is 2. The van der Waals surface area contributed by atoms with Gasteiger partial charge in [-0.2, -0.15) is 18.4 Å². The zero-order valence-corrected chi connectivity index (χ0v) is 10.6. The van der Waals surface area contributed by atoms with Crippen LogP contribution in [0.5, 0.6) is 0 Å². The van der Waals surface area contributed by atoms with Crippen LogP contribution in [-0.2, 0) is 6.18 Å². The predicted octanol–water partition coefficient (Wildman–Crippen LogP) is 4.12. The minimum absolute atomic E-state index is 0.0406. The van der Waals surface area contributed by atoms with Crippen LogP contribution in [0.3, 0.4) is 0 Å². The lowest BCUT2D eigenvalue weighted by Crippen LogP contribution is -2.06. The number of nitriles is 1. The smallest absolute Gasteiger partial charge is 0.359 e. The highest BCUT2D eigenvalue weighted by Gasteiger charge is 2.33. The second-order valence-electron chi connectivity index (χ2n) is 4.45. The number of benzene rings is 1. The van der Waals surface area contributed by atoms with Gasteiger partial charge in [0.1, 0.15) is 11.8 Å². The molecule has 0 aliphatic carbocycles. The van der Waals surface area contributed by atoms with E-state index in [2.05, 4.69) is 9.97 Å². The molecular weight excluding hydrogens is 279 g/mol. The maximum absolute atomic E-state index is 13.1. The van der Waals surface area contributed by atoms with Gasteiger partial charge in [0.05, 0.1) is 16.6 Å². The quantitative estimate of drug-likeness (QED) is 0.732. The third-order valence-electron chi connectivity index (χ3n) is 3.16. The number of pyridine rings is 1. The summed E-state index contributed by atoms with van der Waals surface area (Å²) < 4.78 is 39.3. The summed E-state index contributed by atoms with van der Waals surface area (Å²) >= 11 is 0. The molecule has 3 nitrogen and oxygen atoms in total. The van der Waals surface area contributed by atoms with Gasteiger partial charge in [-0.15, -0.1) is 0 Å². The predicted molar refractivity (Wildman–Crippen MR) is 71.2 cm³/mol. The molecule has 0 fully saturated rings. The molecule has 0 spiro atoms. The zero-order chi connectivity index (χ0) is 15.0. The molecule has 1 N–H and O–H groups in total. The lowest BCUT2D eigenvalue weighted by molar-refractivity contribution is -0.137. The van der Waals surface area contributed by atoms with Crippen molar-refractivity contribution in [2.75, 3.05) is 0 Å². The van der Waals surface area contributed by atoms with Crippen LogP contribution in [-0.4, -0.2) is 9.97 Å². The summed E-state index contributed by atoms with van der Waals surface area (Å²) in [6.45, 7) is 0. The molecule has 0 saturated carbocycles. The number of alkyl halides is 3. The number of halogens is 3. The average molecular weight is 287 g/mol. The summed E-state index contributed by atoms with van der Waals surface area (Å²) in [7, 11) is 0. The van der Waals surface area contributed by atoms with E-state index in [0.29, 0.717) is 16.6 Å². The third kappa shape index (κ3) is 2.23. The van der Waals surface area contributed by atoms with Gasteiger partial charge < -0.3 is 4.98 Å². The molecule has 2 heterocycles. The van der Waals surface area contributed by atoms with E-state index in [4.69, 9.17) is 5.26 Å². The van der Waals surface area contributed by atoms with Crippen LogP contribution in [0.2, 0.25) is 0 Å². The van der Waals surface area contributed by atoms with E-state index in [0.717, 1.165) is 6.07 Å². The van der Waals surface area contributed by atoms with Crippen LogP contribution in [0.15, 0.2) is 42.6 Å². The molecule has 0 aliphatic heterocycles. The average Bonchev–Trinajstić information content (AvgIpc) is 2.89. The Bertz CT molecular complexity index is 856. The molecule has 104 valence electrons. The summed E-state index contributed by atoms with van der Waals surface area (Å²) in [5, 5.41) is 8.88. The Morgan fingerprint density at radius 3 is 2.52 bits per heavy atom. The number of aromatic amines is 1. The first kappa shape index (κ1) is 13.2. The Balaban J connectivity index is 2.29. The van der Waals surface area contributed by atoms with Crippen molar-refractivity contribution in [3.63, 3.8) is 0 Å². The van der Waals surface area contributed by atoms with Gasteiger partial charge in [0, 0.05) is 11.8 Å². The first-order valence-corrected chi connectivity index (χ1v) is 6.05. The SMILES string of the molecule is N#Cc1ccc2[nH]cc(-c3ccccc3C(F)(F)F)c2n1. The molecule has 0 atom stereocenters. The van der Waals surface area contributed by atoms with Crippen LogP contribution in [0.4, 0.5) is 13.2 Å². The maximum Gasteiger partial charge on any atom is 0.417 e. The standard InChI is InChI=1S/C15H8F3N3/c16-15(17,18)12-4-2-1-3-10(12)11-8-20-13-6-5-9(7-19)21-14(11)13/h1-6,8,20H. The molecule has 21 heavy (non-hydrogen) atoms. The number of nitrogens with zero attached hydrogens (tertiary/aromatic N) is 2. The molecule has 1 aromatic carbocycles. The van der Waals surface area contributed by atoms with Gasteiger partial charge >= 0.3 is 6.18 Å². The Labute approximate surface area is 117 Å². The number of fused-ring (bicyclic) bond motifs is 1. The van der Waals surface area contributed by atoms with Crippen molar-refractivity contribution in [1.29, 1.82) is 5.26 Å². The third-order valence-corrected chi connectivity index (χ3v) is 3.16. The van der Waals surface area contributed by atoms with E-state index in [1.165, 1.54) is 30.5 Å². The Hall–Kier alpha value is -2.81. The van der Waals surface area contributed by atoms with Gasteiger partial charge in [-0.3, -0.25) is 0 Å². The summed E-state index contributed by atoms with van der Waals surface area (Å²) in [6.07, 6.45) is -2.98. The van der Waals surface area contributed by atoms with Crippen LogP contribution >= 0.6 is 0 Å². The van der Waals surface area contributed by atoms with E-state index in [9.17, 15) is 13.2 Å². The van der Waals surface area contributed by atoms with Crippen LogP contribution in [0, 0.1) is 11.3 Å². The second kappa shape index (κ2) is 4.63. The Morgan fingerprint density at radius 2 is 1.81 bits per heavy atom. The van der Waals surface area contributed by atoms with E-state index < -0.39 is 11.7 Å². The molecule has 6 heteroatoms. The largest absolute Gasteiger partial charge is 0.417 e. The van der Waals surface area contributed by atoms with Crippen molar-refractivity contribution in [3.8, 4) is 17.2 Å². The van der Waals surface area contributed by atoms with Crippen molar-refractivity contribution >= 4 is 11.0 Å². The van der Waals surface area contributed by atoms with Gasteiger partial charge in [0.2, 0.25) is 0 Å². The van der Waals surface area contributed by atoms with Crippen LogP contribution in [0.25, 0.3) is 22.2 Å². The molecule has 3 rings (SSSR count). The molecule has 0 saturated heterocycles. The monoisotopic (exact) mass is 287 g/mol. The Morgan fingerprint density at radius 1 is 1.05 bits per heavy atom. The van der Waals surface area contributed by atoms with Crippen LogP contribution in [0.1, 0.15) is 11.3 Å². The van der Waals surface area contributed by atoms with E-state index in [1.54, 1.807) is 6.07 Å². The molecule has 0 radical (unpaired) electrons. The second-order valence-corrected chi connectivity index (χ2v) is 4.45. The van der Waals surface area contributed by atoms with E-state index in [1.807, 2.05) is 6.07 Å². The molecule has 0 aliphatic rings. The molecule has 2 aromatic heterocycles. The summed E-state index contributed by atoms with van der Waals surface area (Å²) in [5.41, 5.74) is 0.739. The van der Waals surface area contributed by atoms with Gasteiger partial charge in [0.25, 0.3) is 0 Å². The number of rotatable bonds is 1. The number of nitrogens with one attached hydrogen (secondary N) is 1. The fourth-order valence-corrected chi connectivity index (χ4v) is 2.23. The normalized spacial score (nSPS) is 11.5. The summed E-state index contributed by atoms with van der Waals surface area (Å²) in [4.78, 5) is 6.97. The fourth-order valence-electron chi connectivity index (χ4n) is 2.23. The van der Waals surface area contributed by atoms with Gasteiger partial charge in [-0.05, 0) is 23.8 Å². The van der Waals surface area contributed by atoms with Gasteiger partial charge in [-0.25, -0.2) is 4.98 Å². The highest BCUT2D eigenvalue weighted by Crippen LogP contribution is 2.38. The molecular formula is C15H8F3N3. The van der Waals surface area contributed by atoms with Crippen molar-refractivity contribution < 1.29 is 13.2 Å². The Kier molecular flexibility index (Phi) is 2.91. The lowest BCUT2D eigenvalue weighted by atomic mass is 10.0. The topological polar surface area (TPSA) is 52.5 Å². The summed E-state index contributed by atoms with van der Waals surface area (Å²) in [5.74, 6) is 0. The minimum atomic E-state index is -4.45. The number of hydrogen-bond donors (Lipinski definition) is 1. The van der Waals surface area contributed by atoms with E-state index in [-0.39, 0.29) is 11.3 Å².